The van der Waals surface area contributed by atoms with Gasteiger partial charge in [0.15, 0.2) is 0 Å². The number of anilines is 1. The van der Waals surface area contributed by atoms with Crippen molar-refractivity contribution < 1.29 is 14.4 Å². The van der Waals surface area contributed by atoms with Gasteiger partial charge in [0.25, 0.3) is 5.91 Å². The molecule has 0 unspecified atom stereocenters. The van der Waals surface area contributed by atoms with Crippen LogP contribution in [-0.4, -0.2) is 54.0 Å². The summed E-state index contributed by atoms with van der Waals surface area (Å²) < 4.78 is 0. The van der Waals surface area contributed by atoms with Gasteiger partial charge in [0, 0.05) is 23.2 Å². The summed E-state index contributed by atoms with van der Waals surface area (Å²) in [5, 5.41) is 5.62. The predicted molar refractivity (Wildman–Crippen MR) is 106 cm³/mol. The summed E-state index contributed by atoms with van der Waals surface area (Å²) >= 11 is 7.32. The Morgan fingerprint density at radius 3 is 2.67 bits per heavy atom. The molecule has 1 aromatic heterocycles. The number of nitrogens with zero attached hydrogens (tertiary/aromatic N) is 2. The maximum Gasteiger partial charge on any atom is 0.270 e. The maximum absolute atomic E-state index is 12.2. The molecule has 1 aromatic carbocycles. The molecule has 0 spiro atoms. The fourth-order valence-corrected chi connectivity index (χ4v) is 2.86. The first-order valence-electron chi connectivity index (χ1n) is 7.97. The van der Waals surface area contributed by atoms with Crippen molar-refractivity contribution in [1.29, 1.82) is 0 Å². The number of benzene rings is 1. The number of carbonyl (C=O) groups excluding carboxylic acids is 3. The summed E-state index contributed by atoms with van der Waals surface area (Å²) in [4.78, 5) is 42.3. The highest BCUT2D eigenvalue weighted by molar-refractivity contribution is 7.98. The minimum Gasteiger partial charge on any atom is -0.342 e. The third-order valence-corrected chi connectivity index (χ3v) is 4.57. The van der Waals surface area contributed by atoms with E-state index in [1.807, 2.05) is 24.5 Å². The Morgan fingerprint density at radius 1 is 1.22 bits per heavy atom. The predicted octanol–water partition coefficient (Wildman–Crippen LogP) is 2.28. The van der Waals surface area contributed by atoms with E-state index in [-0.39, 0.29) is 24.7 Å². The number of nitrogens with one attached hydrogen (secondary N) is 2. The zero-order chi connectivity index (χ0) is 19.8. The van der Waals surface area contributed by atoms with Crippen molar-refractivity contribution in [3.05, 3.63) is 53.3 Å². The molecular formula is C18H19ClN4O3S. The second-order valence-electron chi connectivity index (χ2n) is 5.54. The monoisotopic (exact) mass is 406 g/mol. The van der Waals surface area contributed by atoms with Crippen molar-refractivity contribution in [2.45, 2.75) is 4.90 Å². The van der Waals surface area contributed by atoms with E-state index in [4.69, 9.17) is 11.6 Å². The summed E-state index contributed by atoms with van der Waals surface area (Å²) in [7, 11) is 1.49. The van der Waals surface area contributed by atoms with Gasteiger partial charge < -0.3 is 15.5 Å². The average Bonchev–Trinajstić information content (AvgIpc) is 2.66. The van der Waals surface area contributed by atoms with Crippen molar-refractivity contribution in [2.75, 3.05) is 31.7 Å². The second kappa shape index (κ2) is 9.94. The highest BCUT2D eigenvalue weighted by Gasteiger charge is 2.16. The van der Waals surface area contributed by atoms with E-state index in [2.05, 4.69) is 15.6 Å². The number of amides is 3. The highest BCUT2D eigenvalue weighted by atomic mass is 35.5. The van der Waals surface area contributed by atoms with Crippen LogP contribution in [0, 0.1) is 0 Å². The van der Waals surface area contributed by atoms with Gasteiger partial charge in [-0.25, -0.2) is 0 Å². The Labute approximate surface area is 166 Å². The number of likely N-dealkylation sites (N-methyl/N-ethyl adjacent to an activating group) is 1. The van der Waals surface area contributed by atoms with E-state index in [9.17, 15) is 14.4 Å². The van der Waals surface area contributed by atoms with Crippen LogP contribution < -0.4 is 10.6 Å². The zero-order valence-electron chi connectivity index (χ0n) is 14.9. The Morgan fingerprint density at radius 2 is 1.96 bits per heavy atom. The van der Waals surface area contributed by atoms with Gasteiger partial charge in [0.2, 0.25) is 11.8 Å². The normalized spacial score (nSPS) is 10.2. The molecule has 2 N–H and O–H groups in total. The fourth-order valence-electron chi connectivity index (χ4n) is 2.15. The molecule has 1 heterocycles. The first-order chi connectivity index (χ1) is 12.9. The number of para-hydroxylation sites is 1. The van der Waals surface area contributed by atoms with Gasteiger partial charge in [-0.15, -0.1) is 11.8 Å². The number of pyridine rings is 1. The van der Waals surface area contributed by atoms with Crippen LogP contribution in [0.3, 0.4) is 0 Å². The fraction of sp³-hybridized carbons (Fsp3) is 0.222. The number of hydrogen-bond donors (Lipinski definition) is 2. The molecule has 0 saturated heterocycles. The van der Waals surface area contributed by atoms with Crippen molar-refractivity contribution in [1.82, 2.24) is 15.2 Å². The van der Waals surface area contributed by atoms with Gasteiger partial charge in [0.05, 0.1) is 18.8 Å². The van der Waals surface area contributed by atoms with Gasteiger partial charge in [-0.3, -0.25) is 19.4 Å². The Kier molecular flexibility index (Phi) is 7.63. The van der Waals surface area contributed by atoms with E-state index in [1.165, 1.54) is 36.0 Å². The zero-order valence-corrected chi connectivity index (χ0v) is 16.4. The van der Waals surface area contributed by atoms with Crippen LogP contribution in [-0.2, 0) is 9.59 Å². The Bertz CT molecular complexity index is 847. The summed E-state index contributed by atoms with van der Waals surface area (Å²) in [6, 6.07) is 10.4. The Hall–Kier alpha value is -2.58. The van der Waals surface area contributed by atoms with E-state index >= 15 is 0 Å². The van der Waals surface area contributed by atoms with Crippen LogP contribution in [0.15, 0.2) is 47.5 Å². The average molecular weight is 407 g/mol. The lowest BCUT2D eigenvalue weighted by Gasteiger charge is -2.17. The molecular weight excluding hydrogens is 388 g/mol. The molecule has 9 heteroatoms. The highest BCUT2D eigenvalue weighted by Crippen LogP contribution is 2.24. The minimum atomic E-state index is -0.516. The van der Waals surface area contributed by atoms with Crippen molar-refractivity contribution in [3.63, 3.8) is 0 Å². The Balaban J connectivity index is 1.84. The first-order valence-corrected chi connectivity index (χ1v) is 9.57. The smallest absolute Gasteiger partial charge is 0.270 e. The van der Waals surface area contributed by atoms with Gasteiger partial charge in [0.1, 0.15) is 5.69 Å². The van der Waals surface area contributed by atoms with Crippen molar-refractivity contribution >= 4 is 46.8 Å². The van der Waals surface area contributed by atoms with Gasteiger partial charge >= 0.3 is 0 Å². The molecule has 0 aliphatic heterocycles. The van der Waals surface area contributed by atoms with Crippen LogP contribution >= 0.6 is 23.4 Å². The van der Waals surface area contributed by atoms with Gasteiger partial charge in [-0.1, -0.05) is 23.7 Å². The van der Waals surface area contributed by atoms with Crippen LogP contribution in [0.1, 0.15) is 10.5 Å². The molecule has 2 aromatic rings. The molecule has 7 nitrogen and oxygen atoms in total. The molecule has 0 aliphatic rings. The van der Waals surface area contributed by atoms with Crippen LogP contribution in [0.25, 0.3) is 0 Å². The third-order valence-electron chi connectivity index (χ3n) is 3.54. The molecule has 0 saturated carbocycles. The van der Waals surface area contributed by atoms with Gasteiger partial charge in [-0.2, -0.15) is 0 Å². The molecule has 27 heavy (non-hydrogen) atoms. The molecule has 0 bridgehead atoms. The number of hydrogen-bond acceptors (Lipinski definition) is 5. The van der Waals surface area contributed by atoms with Crippen LogP contribution in [0.2, 0.25) is 5.02 Å². The summed E-state index contributed by atoms with van der Waals surface area (Å²) in [6.07, 6.45) is 3.32. The van der Waals surface area contributed by atoms with Crippen LogP contribution in [0.5, 0.6) is 0 Å². The first kappa shape index (κ1) is 20.7. The standard InChI is InChI=1S/C18H19ClN4O3S/c1-23(11-16(24)22-13-5-3-4-6-15(13)27-2)17(25)10-21-18(26)14-9-12(19)7-8-20-14/h3-9H,10-11H2,1-2H3,(H,21,26)(H,22,24). The molecule has 2 rings (SSSR count). The minimum absolute atomic E-state index is 0.115. The van der Waals surface area contributed by atoms with E-state index < -0.39 is 11.8 Å². The van der Waals surface area contributed by atoms with E-state index in [0.717, 1.165) is 4.90 Å². The molecule has 0 fully saturated rings. The third kappa shape index (κ3) is 6.26. The molecule has 0 atom stereocenters. The lowest BCUT2D eigenvalue weighted by Crippen LogP contribution is -2.41. The number of aromatic nitrogens is 1. The van der Waals surface area contributed by atoms with Crippen molar-refractivity contribution in [3.8, 4) is 0 Å². The quantitative estimate of drug-likeness (QED) is 0.688. The number of rotatable bonds is 7. The molecule has 0 radical (unpaired) electrons. The summed E-state index contributed by atoms with van der Waals surface area (Å²) in [5.41, 5.74) is 0.806. The molecule has 142 valence electrons. The molecule has 0 aliphatic carbocycles. The maximum atomic E-state index is 12.2. The van der Waals surface area contributed by atoms with Crippen LogP contribution in [0.4, 0.5) is 5.69 Å². The number of carbonyl (C=O) groups is 3. The lowest BCUT2D eigenvalue weighted by atomic mass is 10.3. The lowest BCUT2D eigenvalue weighted by molar-refractivity contribution is -0.132. The second-order valence-corrected chi connectivity index (χ2v) is 6.82. The summed E-state index contributed by atoms with van der Waals surface area (Å²) in [5.74, 6) is -1.24. The molecule has 3 amide bonds. The van der Waals surface area contributed by atoms with E-state index in [0.29, 0.717) is 10.7 Å². The topological polar surface area (TPSA) is 91.4 Å². The number of halogens is 1. The SMILES string of the molecule is CSc1ccccc1NC(=O)CN(C)C(=O)CNC(=O)c1cc(Cl)ccn1. The van der Waals surface area contributed by atoms with Crippen molar-refractivity contribution in [2.24, 2.45) is 0 Å². The van der Waals surface area contributed by atoms with Gasteiger partial charge in [-0.05, 0) is 30.5 Å². The number of thioether (sulfide) groups is 1. The van der Waals surface area contributed by atoms with E-state index in [1.54, 1.807) is 12.1 Å². The summed E-state index contributed by atoms with van der Waals surface area (Å²) in [6.45, 7) is -0.384. The largest absolute Gasteiger partial charge is 0.342 e.